The van der Waals surface area contributed by atoms with Crippen molar-refractivity contribution in [1.82, 2.24) is 15.0 Å². The number of aliphatic hydroxyl groups excluding tert-OH is 1. The maximum Gasteiger partial charge on any atom is 0.264 e. The number of ether oxygens (including phenoxy) is 2. The van der Waals surface area contributed by atoms with E-state index in [2.05, 4.69) is 22.6 Å². The first-order valence-electron chi connectivity index (χ1n) is 16.1. The van der Waals surface area contributed by atoms with Crippen LogP contribution in [0.3, 0.4) is 0 Å². The zero-order valence-electron chi connectivity index (χ0n) is 26.8. The highest BCUT2D eigenvalue weighted by Crippen LogP contribution is 2.54. The van der Waals surface area contributed by atoms with E-state index in [-0.39, 0.29) is 23.8 Å². The topological polar surface area (TPSA) is 119 Å². The van der Waals surface area contributed by atoms with Crippen LogP contribution in [-0.4, -0.2) is 45.1 Å². The van der Waals surface area contributed by atoms with E-state index in [9.17, 15) is 14.7 Å². The highest BCUT2D eigenvalue weighted by molar-refractivity contribution is 6.09. The molecule has 4 atom stereocenters. The summed E-state index contributed by atoms with van der Waals surface area (Å²) in [5.74, 6) is 0.163. The Labute approximate surface area is 278 Å². The van der Waals surface area contributed by atoms with Crippen LogP contribution in [-0.2, 0) is 28.2 Å². The molecule has 7 rings (SSSR count). The number of fused-ring (bicyclic) bond motifs is 2. The minimum absolute atomic E-state index is 0.107. The third-order valence-corrected chi connectivity index (χ3v) is 9.34. The Hall–Kier alpha value is -5.32. The highest BCUT2D eigenvalue weighted by Gasteiger charge is 2.60. The van der Waals surface area contributed by atoms with E-state index in [4.69, 9.17) is 9.47 Å². The lowest BCUT2D eigenvalue weighted by Crippen LogP contribution is -2.43. The number of methoxy groups -OCH3 is 1. The van der Waals surface area contributed by atoms with Gasteiger partial charge in [-0.3, -0.25) is 14.3 Å². The molecule has 0 unspecified atom stereocenters. The number of nitrogens with one attached hydrogen (secondary N) is 1. The van der Waals surface area contributed by atoms with Crippen molar-refractivity contribution in [1.29, 1.82) is 0 Å². The Kier molecular flexibility index (Phi) is 8.51. The van der Waals surface area contributed by atoms with E-state index in [1.807, 2.05) is 78.9 Å². The third kappa shape index (κ3) is 5.85. The summed E-state index contributed by atoms with van der Waals surface area (Å²) in [5, 5.41) is 22.2. The van der Waals surface area contributed by atoms with Crippen LogP contribution in [0.25, 0.3) is 0 Å². The molecule has 1 fully saturated rings. The fourth-order valence-electron chi connectivity index (χ4n) is 6.83. The van der Waals surface area contributed by atoms with Crippen molar-refractivity contribution >= 4 is 23.2 Å². The van der Waals surface area contributed by atoms with Crippen molar-refractivity contribution in [3.05, 3.63) is 137 Å². The van der Waals surface area contributed by atoms with Gasteiger partial charge in [-0.15, -0.1) is 5.10 Å². The lowest BCUT2D eigenvalue weighted by Gasteiger charge is -2.28. The van der Waals surface area contributed by atoms with E-state index in [0.29, 0.717) is 48.6 Å². The van der Waals surface area contributed by atoms with Gasteiger partial charge in [-0.2, -0.15) is 0 Å². The van der Waals surface area contributed by atoms with Gasteiger partial charge >= 0.3 is 0 Å². The molecule has 0 bridgehead atoms. The summed E-state index contributed by atoms with van der Waals surface area (Å²) in [5.41, 5.74) is 3.62. The average molecular weight is 644 g/mol. The molecule has 2 amide bonds. The summed E-state index contributed by atoms with van der Waals surface area (Å²) >= 11 is 0. The van der Waals surface area contributed by atoms with Crippen LogP contribution in [0.5, 0.6) is 5.75 Å². The zero-order chi connectivity index (χ0) is 33.3. The molecule has 2 aliphatic heterocycles. The Morgan fingerprint density at radius 2 is 1.77 bits per heavy atom. The van der Waals surface area contributed by atoms with Crippen LogP contribution in [0.2, 0.25) is 0 Å². The van der Waals surface area contributed by atoms with Crippen LogP contribution in [0.15, 0.2) is 109 Å². The molecule has 5 aromatic rings. The van der Waals surface area contributed by atoms with Crippen molar-refractivity contribution < 1.29 is 24.2 Å². The number of hydrogen-bond acceptors (Lipinski definition) is 7. The summed E-state index contributed by atoms with van der Waals surface area (Å²) in [6.45, 7) is 2.97. The summed E-state index contributed by atoms with van der Waals surface area (Å²) in [4.78, 5) is 29.5. The average Bonchev–Trinajstić information content (AvgIpc) is 3.80. The minimum atomic E-state index is -1.20. The van der Waals surface area contributed by atoms with E-state index >= 15 is 0 Å². The quantitative estimate of drug-likeness (QED) is 0.195. The van der Waals surface area contributed by atoms with Crippen molar-refractivity contribution in [3.8, 4) is 5.75 Å². The number of benzene rings is 4. The molecule has 0 saturated carbocycles. The second-order valence-electron chi connectivity index (χ2n) is 12.4. The summed E-state index contributed by atoms with van der Waals surface area (Å²) in [6, 6.07) is 31.7. The molecule has 1 spiro atoms. The number of hydrogen-bond donors (Lipinski definition) is 2. The zero-order valence-corrected chi connectivity index (χ0v) is 26.8. The monoisotopic (exact) mass is 643 g/mol. The van der Waals surface area contributed by atoms with Crippen molar-refractivity contribution in [2.45, 2.75) is 50.7 Å². The van der Waals surface area contributed by atoms with Crippen LogP contribution in [0.1, 0.15) is 58.6 Å². The van der Waals surface area contributed by atoms with Gasteiger partial charge in [0.15, 0.2) is 5.60 Å². The molecule has 4 aromatic carbocycles. The van der Waals surface area contributed by atoms with Crippen LogP contribution in [0.4, 0.5) is 11.4 Å². The predicted molar refractivity (Wildman–Crippen MR) is 180 cm³/mol. The van der Waals surface area contributed by atoms with E-state index in [1.165, 1.54) is 0 Å². The number of carbonyl (C=O) groups is 2. The van der Waals surface area contributed by atoms with Gasteiger partial charge in [0.05, 0.1) is 31.6 Å². The molecule has 48 heavy (non-hydrogen) atoms. The van der Waals surface area contributed by atoms with Crippen LogP contribution in [0, 0.1) is 5.92 Å². The second kappa shape index (κ2) is 13.1. The molecule has 10 heteroatoms. The van der Waals surface area contributed by atoms with Crippen molar-refractivity contribution in [3.63, 3.8) is 0 Å². The number of amides is 2. The molecule has 244 valence electrons. The van der Waals surface area contributed by atoms with Crippen molar-refractivity contribution in [2.75, 3.05) is 17.3 Å². The number of aryl methyl sites for hydroxylation is 1. The fraction of sp³-hybridized carbons (Fsp3) is 0.263. The van der Waals surface area contributed by atoms with E-state index < -0.39 is 11.7 Å². The lowest BCUT2D eigenvalue weighted by atomic mass is 9.82. The Balaban J connectivity index is 1.13. The number of rotatable bonds is 10. The molecule has 0 radical (unpaired) electrons. The summed E-state index contributed by atoms with van der Waals surface area (Å²) in [7, 11) is 1.58. The first-order chi connectivity index (χ1) is 23.4. The number of nitrogens with zero attached hydrogens (tertiary/aromatic N) is 4. The predicted octanol–water partition coefficient (Wildman–Crippen LogP) is 5.88. The molecule has 2 aliphatic rings. The van der Waals surface area contributed by atoms with E-state index in [1.54, 1.807) is 47.2 Å². The number of anilines is 2. The van der Waals surface area contributed by atoms with Gasteiger partial charge in [0.25, 0.3) is 11.8 Å². The van der Waals surface area contributed by atoms with Crippen molar-refractivity contribution in [2.24, 2.45) is 5.92 Å². The highest BCUT2D eigenvalue weighted by atomic mass is 16.5. The Morgan fingerprint density at radius 3 is 2.50 bits per heavy atom. The third-order valence-electron chi connectivity index (χ3n) is 9.34. The first-order valence-corrected chi connectivity index (χ1v) is 16.1. The number of aromatic nitrogens is 3. The van der Waals surface area contributed by atoms with Gasteiger partial charge in [0.1, 0.15) is 17.5 Å². The van der Waals surface area contributed by atoms with Gasteiger partial charge in [0, 0.05) is 29.3 Å². The molecule has 3 heterocycles. The first kappa shape index (κ1) is 31.3. The van der Waals surface area contributed by atoms with Gasteiger partial charge in [-0.1, -0.05) is 72.8 Å². The molecule has 1 aromatic heterocycles. The molecule has 2 N–H and O–H groups in total. The molecule has 10 nitrogen and oxygen atoms in total. The summed E-state index contributed by atoms with van der Waals surface area (Å²) in [6.07, 6.45) is 1.93. The maximum absolute atomic E-state index is 14.5. The van der Waals surface area contributed by atoms with Gasteiger partial charge < -0.3 is 24.8 Å². The Morgan fingerprint density at radius 1 is 1.04 bits per heavy atom. The van der Waals surface area contributed by atoms with E-state index in [0.717, 1.165) is 22.4 Å². The largest absolute Gasteiger partial charge is 0.497 e. The normalized spacial score (nSPS) is 20.6. The molecule has 1 saturated heterocycles. The second-order valence-corrected chi connectivity index (χ2v) is 12.4. The smallest absolute Gasteiger partial charge is 0.264 e. The van der Waals surface area contributed by atoms with Gasteiger partial charge in [0.2, 0.25) is 0 Å². The standard InChI is InChI=1S/C38H37N5O5/c1-25-21-31(19-20-42-24-33(40-41-42)35(44)27-11-7-4-8-12-27)48-38(25)32-22-29(39-36(45)28-13-16-30(47-2)17-14-28)15-18-34(32)43(37(38)46)23-26-9-5-3-6-10-26/h3-18,22,24-25,31,35,44H,19-21,23H2,1-2H3,(H,39,45)/t25-,31+,35+,38+/m0/s1. The maximum atomic E-state index is 14.5. The molecular formula is C38H37N5O5. The van der Waals surface area contributed by atoms with Crippen LogP contribution >= 0.6 is 0 Å². The fourth-order valence-corrected chi connectivity index (χ4v) is 6.83. The van der Waals surface area contributed by atoms with Crippen LogP contribution < -0.4 is 15.0 Å². The number of aliphatic hydroxyl groups is 1. The minimum Gasteiger partial charge on any atom is -0.497 e. The SMILES string of the molecule is COc1ccc(C(=O)Nc2ccc3c(c2)[C@@]2(O[C@H](CCn4cc([C@H](O)c5ccccc5)nn4)C[C@@H]2C)C(=O)N3Cc2ccccc2)cc1. The lowest BCUT2D eigenvalue weighted by molar-refractivity contribution is -0.146. The van der Waals surface area contributed by atoms with Gasteiger partial charge in [-0.05, 0) is 66.4 Å². The summed E-state index contributed by atoms with van der Waals surface area (Å²) < 4.78 is 13.7. The van der Waals surface area contributed by atoms with Gasteiger partial charge in [-0.25, -0.2) is 0 Å². The molecular weight excluding hydrogens is 606 g/mol. The molecule has 0 aliphatic carbocycles. The Bertz CT molecular complexity index is 1910. The number of carbonyl (C=O) groups excluding carboxylic acids is 2.